The molecule has 0 aromatic heterocycles. The lowest BCUT2D eigenvalue weighted by Gasteiger charge is -2.26. The summed E-state index contributed by atoms with van der Waals surface area (Å²) in [4.78, 5) is 34.9. The molecule has 0 fully saturated rings. The molecule has 0 bridgehead atoms. The monoisotopic (exact) mass is 344 g/mol. The van der Waals surface area contributed by atoms with E-state index in [2.05, 4.69) is 0 Å². The van der Waals surface area contributed by atoms with Crippen LogP contribution in [-0.4, -0.2) is 29.9 Å². The van der Waals surface area contributed by atoms with Crippen LogP contribution in [-0.2, 0) is 25.5 Å². The molecule has 1 aromatic carbocycles. The molecule has 0 amide bonds. The van der Waals surface area contributed by atoms with Crippen molar-refractivity contribution in [1.82, 2.24) is 0 Å². The molecule has 2 rings (SSSR count). The largest absolute Gasteiger partial charge is 0.458 e. The third kappa shape index (κ3) is 6.18. The van der Waals surface area contributed by atoms with E-state index in [1.165, 1.54) is 13.8 Å². The zero-order chi connectivity index (χ0) is 18.2. The van der Waals surface area contributed by atoms with Crippen LogP contribution in [0.1, 0.15) is 55.5 Å². The topological polar surface area (TPSA) is 69.7 Å². The molecule has 2 unspecified atom stereocenters. The number of allylic oxidation sites excluding steroid dienone is 1. The third-order valence-electron chi connectivity index (χ3n) is 4.10. The Bertz CT molecular complexity index is 645. The SMILES string of the molecule is CC(=O)OC1/C=C/CCCCC1OC(=O)Cc1ccc(C(C)=O)cc1. The second kappa shape index (κ2) is 9.16. The standard InChI is InChI=1S/C20H24O5/c1-14(21)17-11-9-16(10-12-17)13-20(23)25-19-8-6-4-3-5-7-18(19)24-15(2)22/h5,7,9-12,18-19H,3-4,6,8,13H2,1-2H3/b7-5+. The summed E-state index contributed by atoms with van der Waals surface area (Å²) in [6, 6.07) is 6.90. The van der Waals surface area contributed by atoms with Crippen molar-refractivity contribution in [2.75, 3.05) is 0 Å². The van der Waals surface area contributed by atoms with Crippen LogP contribution in [0.25, 0.3) is 0 Å². The second-order valence-corrected chi connectivity index (χ2v) is 6.24. The molecule has 5 nitrogen and oxygen atoms in total. The van der Waals surface area contributed by atoms with Gasteiger partial charge in [-0.1, -0.05) is 30.3 Å². The third-order valence-corrected chi connectivity index (χ3v) is 4.10. The predicted molar refractivity (Wildman–Crippen MR) is 93.2 cm³/mol. The van der Waals surface area contributed by atoms with Gasteiger partial charge in [-0.25, -0.2) is 0 Å². The molecule has 134 valence electrons. The molecular weight excluding hydrogens is 320 g/mol. The van der Waals surface area contributed by atoms with Crippen LogP contribution in [0.4, 0.5) is 0 Å². The van der Waals surface area contributed by atoms with Crippen molar-refractivity contribution < 1.29 is 23.9 Å². The van der Waals surface area contributed by atoms with Gasteiger partial charge >= 0.3 is 11.9 Å². The van der Waals surface area contributed by atoms with Gasteiger partial charge in [-0.3, -0.25) is 14.4 Å². The van der Waals surface area contributed by atoms with E-state index in [1.54, 1.807) is 30.3 Å². The normalized spacial score (nSPS) is 21.5. The van der Waals surface area contributed by atoms with Gasteiger partial charge < -0.3 is 9.47 Å². The summed E-state index contributed by atoms with van der Waals surface area (Å²) >= 11 is 0. The fourth-order valence-corrected chi connectivity index (χ4v) is 2.79. The van der Waals surface area contributed by atoms with Gasteiger partial charge in [0.05, 0.1) is 6.42 Å². The van der Waals surface area contributed by atoms with Crippen molar-refractivity contribution in [3.05, 3.63) is 47.5 Å². The van der Waals surface area contributed by atoms with E-state index in [0.717, 1.165) is 24.8 Å². The lowest BCUT2D eigenvalue weighted by molar-refractivity contribution is -0.163. The Labute approximate surface area is 148 Å². The number of esters is 2. The van der Waals surface area contributed by atoms with Crippen LogP contribution in [0.15, 0.2) is 36.4 Å². The average molecular weight is 344 g/mol. The molecule has 2 atom stereocenters. The maximum atomic E-state index is 12.3. The number of hydrogen-bond donors (Lipinski definition) is 0. The zero-order valence-electron chi connectivity index (χ0n) is 14.7. The van der Waals surface area contributed by atoms with Crippen molar-refractivity contribution >= 4 is 17.7 Å². The van der Waals surface area contributed by atoms with Gasteiger partial charge in [0.2, 0.25) is 0 Å². The van der Waals surface area contributed by atoms with Crippen LogP contribution < -0.4 is 0 Å². The molecule has 0 aliphatic heterocycles. The maximum absolute atomic E-state index is 12.3. The summed E-state index contributed by atoms with van der Waals surface area (Å²) in [6.07, 6.45) is 6.40. The van der Waals surface area contributed by atoms with E-state index in [-0.39, 0.29) is 18.2 Å². The molecule has 1 aromatic rings. The lowest BCUT2D eigenvalue weighted by atomic mass is 10.0. The molecule has 0 saturated carbocycles. The molecular formula is C20H24O5. The number of ether oxygens (including phenoxy) is 2. The Morgan fingerprint density at radius 2 is 1.76 bits per heavy atom. The molecule has 25 heavy (non-hydrogen) atoms. The van der Waals surface area contributed by atoms with Crippen molar-refractivity contribution in [1.29, 1.82) is 0 Å². The highest BCUT2D eigenvalue weighted by molar-refractivity contribution is 5.94. The first-order valence-electron chi connectivity index (χ1n) is 8.59. The molecule has 0 radical (unpaired) electrons. The highest BCUT2D eigenvalue weighted by Crippen LogP contribution is 2.19. The van der Waals surface area contributed by atoms with Crippen LogP contribution in [0, 0.1) is 0 Å². The Kier molecular flexibility index (Phi) is 6.92. The Morgan fingerprint density at radius 3 is 2.40 bits per heavy atom. The summed E-state index contributed by atoms with van der Waals surface area (Å²) in [5, 5.41) is 0. The summed E-state index contributed by atoms with van der Waals surface area (Å²) in [6.45, 7) is 2.85. The predicted octanol–water partition coefficient (Wildman–Crippen LogP) is 3.41. The fraction of sp³-hybridized carbons (Fsp3) is 0.450. The highest BCUT2D eigenvalue weighted by Gasteiger charge is 2.26. The van der Waals surface area contributed by atoms with Crippen LogP contribution >= 0.6 is 0 Å². The number of ketones is 1. The number of hydrogen-bond acceptors (Lipinski definition) is 5. The number of carbonyl (C=O) groups is 3. The average Bonchev–Trinajstić information content (AvgIpc) is 2.53. The van der Waals surface area contributed by atoms with Gasteiger partial charge in [0, 0.05) is 12.5 Å². The Hall–Kier alpha value is -2.43. The molecule has 0 spiro atoms. The Balaban J connectivity index is 2.00. The van der Waals surface area contributed by atoms with E-state index in [4.69, 9.17) is 9.47 Å². The minimum absolute atomic E-state index is 0.0142. The first-order chi connectivity index (χ1) is 12.0. The lowest BCUT2D eigenvalue weighted by Crippen LogP contribution is -2.34. The van der Waals surface area contributed by atoms with E-state index in [9.17, 15) is 14.4 Å². The smallest absolute Gasteiger partial charge is 0.310 e. The van der Waals surface area contributed by atoms with E-state index < -0.39 is 18.2 Å². The number of benzene rings is 1. The van der Waals surface area contributed by atoms with E-state index in [0.29, 0.717) is 12.0 Å². The fourth-order valence-electron chi connectivity index (χ4n) is 2.79. The zero-order valence-corrected chi connectivity index (χ0v) is 14.7. The molecule has 1 aliphatic carbocycles. The first-order valence-corrected chi connectivity index (χ1v) is 8.59. The summed E-state index contributed by atoms with van der Waals surface area (Å²) in [5.41, 5.74) is 1.39. The summed E-state index contributed by atoms with van der Waals surface area (Å²) in [5.74, 6) is -0.776. The molecule has 5 heteroatoms. The number of carbonyl (C=O) groups excluding carboxylic acids is 3. The van der Waals surface area contributed by atoms with Gasteiger partial charge in [0.25, 0.3) is 0 Å². The quantitative estimate of drug-likeness (QED) is 0.465. The molecule has 0 saturated heterocycles. The second-order valence-electron chi connectivity index (χ2n) is 6.24. The molecule has 1 aliphatic rings. The van der Waals surface area contributed by atoms with Gasteiger partial charge in [-0.2, -0.15) is 0 Å². The molecule has 0 heterocycles. The van der Waals surface area contributed by atoms with Gasteiger partial charge in [-0.15, -0.1) is 0 Å². The minimum atomic E-state index is -0.540. The van der Waals surface area contributed by atoms with Crippen molar-refractivity contribution in [3.63, 3.8) is 0 Å². The first kappa shape index (κ1) is 18.9. The van der Waals surface area contributed by atoms with Crippen molar-refractivity contribution in [2.45, 2.75) is 58.2 Å². The highest BCUT2D eigenvalue weighted by atomic mass is 16.6. The van der Waals surface area contributed by atoms with Crippen LogP contribution in [0.3, 0.4) is 0 Å². The van der Waals surface area contributed by atoms with Crippen molar-refractivity contribution in [3.8, 4) is 0 Å². The van der Waals surface area contributed by atoms with Gasteiger partial charge in [-0.05, 0) is 44.2 Å². The van der Waals surface area contributed by atoms with Gasteiger partial charge in [0.1, 0.15) is 6.10 Å². The van der Waals surface area contributed by atoms with Crippen LogP contribution in [0.5, 0.6) is 0 Å². The summed E-state index contributed by atoms with van der Waals surface area (Å²) < 4.78 is 10.9. The summed E-state index contributed by atoms with van der Waals surface area (Å²) in [7, 11) is 0. The van der Waals surface area contributed by atoms with Crippen LogP contribution in [0.2, 0.25) is 0 Å². The van der Waals surface area contributed by atoms with E-state index >= 15 is 0 Å². The minimum Gasteiger partial charge on any atom is -0.458 e. The maximum Gasteiger partial charge on any atom is 0.310 e. The number of Topliss-reactive ketones (excluding diaryl/α,β-unsaturated/α-hetero) is 1. The van der Waals surface area contributed by atoms with Crippen molar-refractivity contribution in [2.24, 2.45) is 0 Å². The van der Waals surface area contributed by atoms with Gasteiger partial charge in [0.15, 0.2) is 11.9 Å². The van der Waals surface area contributed by atoms with E-state index in [1.807, 2.05) is 6.08 Å². The number of rotatable bonds is 5. The Morgan fingerprint density at radius 1 is 1.04 bits per heavy atom. The molecule has 0 N–H and O–H groups in total.